The molecule has 0 aromatic heterocycles. The van der Waals surface area contributed by atoms with E-state index in [1.807, 2.05) is 6.07 Å². The van der Waals surface area contributed by atoms with Crippen molar-refractivity contribution in [1.82, 2.24) is 0 Å². The molecule has 2 heteroatoms. The first kappa shape index (κ1) is 16.0. The lowest BCUT2D eigenvalue weighted by Crippen LogP contribution is -2.02. The highest BCUT2D eigenvalue weighted by atomic mass is 16.5. The molecule has 0 spiro atoms. The maximum absolute atomic E-state index is 10.3. The van der Waals surface area contributed by atoms with Crippen LogP contribution in [0.5, 0.6) is 5.75 Å². The Labute approximate surface area is 117 Å². The van der Waals surface area contributed by atoms with Crippen LogP contribution in [0.15, 0.2) is 12.1 Å². The Morgan fingerprint density at radius 1 is 1.00 bits per heavy atom. The van der Waals surface area contributed by atoms with Crippen LogP contribution in [0.3, 0.4) is 0 Å². The van der Waals surface area contributed by atoms with Crippen molar-refractivity contribution in [2.24, 2.45) is 0 Å². The molecule has 0 bridgehead atoms. The van der Waals surface area contributed by atoms with E-state index in [-0.39, 0.29) is 0 Å². The summed E-state index contributed by atoms with van der Waals surface area (Å²) in [4.78, 5) is 0. The average Bonchev–Trinajstić information content (AvgIpc) is 2.41. The van der Waals surface area contributed by atoms with E-state index in [1.54, 1.807) is 7.11 Å². The van der Waals surface area contributed by atoms with Crippen LogP contribution in [0.1, 0.15) is 56.2 Å². The molecule has 0 atom stereocenters. The number of benzene rings is 1. The number of ether oxygens (including phenoxy) is 1. The summed E-state index contributed by atoms with van der Waals surface area (Å²) in [5.41, 5.74) is 3.64. The molecule has 1 aromatic rings. The molecule has 0 radical (unpaired) electrons. The summed E-state index contributed by atoms with van der Waals surface area (Å²) >= 11 is 0. The summed E-state index contributed by atoms with van der Waals surface area (Å²) in [5, 5.41) is 10.3. The summed E-state index contributed by atoms with van der Waals surface area (Å²) in [6, 6.07) is 4.22. The minimum Gasteiger partial charge on any atom is -0.508 e. The van der Waals surface area contributed by atoms with Gasteiger partial charge in [-0.3, -0.25) is 0 Å². The molecule has 108 valence electrons. The summed E-state index contributed by atoms with van der Waals surface area (Å²) < 4.78 is 5.18. The van der Waals surface area contributed by atoms with Crippen molar-refractivity contribution in [3.63, 3.8) is 0 Å². The lowest BCUT2D eigenvalue weighted by molar-refractivity contribution is 0.202. The van der Waals surface area contributed by atoms with Crippen LogP contribution in [0.4, 0.5) is 0 Å². The minimum atomic E-state index is 0.480. The summed E-state index contributed by atoms with van der Waals surface area (Å²) in [6.45, 7) is 5.10. The largest absolute Gasteiger partial charge is 0.508 e. The van der Waals surface area contributed by atoms with Gasteiger partial charge in [0.25, 0.3) is 0 Å². The van der Waals surface area contributed by atoms with Gasteiger partial charge in [0.05, 0.1) is 6.61 Å². The van der Waals surface area contributed by atoms with E-state index in [1.165, 1.54) is 24.0 Å². The highest BCUT2D eigenvalue weighted by Crippen LogP contribution is 2.27. The second-order valence-corrected chi connectivity index (χ2v) is 5.20. The van der Waals surface area contributed by atoms with E-state index in [2.05, 4.69) is 19.9 Å². The molecule has 0 aliphatic heterocycles. The number of phenolic OH excluding ortho intramolecular Hbond substituents is 1. The van der Waals surface area contributed by atoms with Crippen molar-refractivity contribution >= 4 is 0 Å². The molecule has 1 N–H and O–H groups in total. The Bertz CT molecular complexity index is 372. The molecule has 1 aromatic carbocycles. The summed E-state index contributed by atoms with van der Waals surface area (Å²) in [5.74, 6) is 0.480. The third-order valence-corrected chi connectivity index (χ3v) is 3.55. The van der Waals surface area contributed by atoms with Gasteiger partial charge in [-0.05, 0) is 54.9 Å². The van der Waals surface area contributed by atoms with Gasteiger partial charge in [-0.15, -0.1) is 0 Å². The number of aromatic hydroxyl groups is 1. The Balaban J connectivity index is 2.92. The molecule has 0 amide bonds. The topological polar surface area (TPSA) is 29.5 Å². The number of hydrogen-bond donors (Lipinski definition) is 1. The number of rotatable bonds is 9. The molecule has 19 heavy (non-hydrogen) atoms. The minimum absolute atomic E-state index is 0.480. The zero-order valence-corrected chi connectivity index (χ0v) is 12.7. The van der Waals surface area contributed by atoms with Crippen molar-refractivity contribution < 1.29 is 9.84 Å². The van der Waals surface area contributed by atoms with Gasteiger partial charge in [0.1, 0.15) is 5.75 Å². The van der Waals surface area contributed by atoms with Gasteiger partial charge in [0.2, 0.25) is 0 Å². The van der Waals surface area contributed by atoms with Crippen LogP contribution in [-0.2, 0) is 24.0 Å². The molecule has 0 saturated heterocycles. The Morgan fingerprint density at radius 2 is 1.68 bits per heavy atom. The average molecular weight is 264 g/mol. The first-order chi connectivity index (χ1) is 9.22. The second-order valence-electron chi connectivity index (χ2n) is 5.20. The monoisotopic (exact) mass is 264 g/mol. The molecular formula is C17H28O2. The van der Waals surface area contributed by atoms with Gasteiger partial charge in [-0.2, -0.15) is 0 Å². The van der Waals surface area contributed by atoms with Crippen LogP contribution in [-0.4, -0.2) is 18.8 Å². The number of methoxy groups -OCH3 is 1. The quantitative estimate of drug-likeness (QED) is 0.722. The maximum Gasteiger partial charge on any atom is 0.119 e. The highest BCUT2D eigenvalue weighted by Gasteiger charge is 2.10. The van der Waals surface area contributed by atoms with Gasteiger partial charge >= 0.3 is 0 Å². The van der Waals surface area contributed by atoms with E-state index < -0.39 is 0 Å². The van der Waals surface area contributed by atoms with E-state index in [0.717, 1.165) is 44.3 Å². The van der Waals surface area contributed by atoms with Crippen LogP contribution >= 0.6 is 0 Å². The van der Waals surface area contributed by atoms with Crippen LogP contribution in [0.25, 0.3) is 0 Å². The lowest BCUT2D eigenvalue weighted by atomic mass is 9.94. The fraction of sp³-hybridized carbons (Fsp3) is 0.647. The number of hydrogen-bond acceptors (Lipinski definition) is 2. The SMILES string of the molecule is CCCCc1cc(O)c(CCCC)c(CCOC)c1. The second kappa shape index (κ2) is 8.98. The van der Waals surface area contributed by atoms with Crippen LogP contribution in [0, 0.1) is 0 Å². The van der Waals surface area contributed by atoms with Crippen molar-refractivity contribution in [3.05, 3.63) is 28.8 Å². The van der Waals surface area contributed by atoms with Crippen molar-refractivity contribution in [2.45, 2.75) is 58.8 Å². The Morgan fingerprint density at radius 3 is 2.32 bits per heavy atom. The first-order valence-electron chi connectivity index (χ1n) is 7.55. The van der Waals surface area contributed by atoms with Crippen molar-refractivity contribution in [3.8, 4) is 5.75 Å². The molecule has 1 rings (SSSR count). The molecule has 0 heterocycles. The van der Waals surface area contributed by atoms with Gasteiger partial charge in [-0.25, -0.2) is 0 Å². The number of aryl methyl sites for hydroxylation is 1. The van der Waals surface area contributed by atoms with Gasteiger partial charge in [-0.1, -0.05) is 32.8 Å². The van der Waals surface area contributed by atoms with Gasteiger partial charge in [0, 0.05) is 7.11 Å². The molecule has 0 saturated carbocycles. The fourth-order valence-electron chi connectivity index (χ4n) is 2.38. The zero-order valence-electron chi connectivity index (χ0n) is 12.7. The number of unbranched alkanes of at least 4 members (excludes halogenated alkanes) is 2. The molecular weight excluding hydrogens is 236 g/mol. The van der Waals surface area contributed by atoms with Crippen molar-refractivity contribution in [1.29, 1.82) is 0 Å². The lowest BCUT2D eigenvalue weighted by Gasteiger charge is -2.14. The summed E-state index contributed by atoms with van der Waals surface area (Å²) in [7, 11) is 1.73. The maximum atomic E-state index is 10.3. The van der Waals surface area contributed by atoms with E-state index in [0.29, 0.717) is 5.75 Å². The standard InChI is InChI=1S/C17H28O2/c1-4-6-8-14-12-15(10-11-19-3)16(9-7-5-2)17(18)13-14/h12-13,18H,4-11H2,1-3H3. The van der Waals surface area contributed by atoms with Crippen LogP contribution < -0.4 is 0 Å². The van der Waals surface area contributed by atoms with Gasteiger partial charge in [0.15, 0.2) is 0 Å². The zero-order chi connectivity index (χ0) is 14.1. The smallest absolute Gasteiger partial charge is 0.119 e. The van der Waals surface area contributed by atoms with E-state index in [4.69, 9.17) is 4.74 Å². The molecule has 0 aliphatic rings. The van der Waals surface area contributed by atoms with Crippen LogP contribution in [0.2, 0.25) is 0 Å². The molecule has 0 aliphatic carbocycles. The predicted octanol–water partition coefficient (Wildman–Crippen LogP) is 4.27. The molecule has 0 fully saturated rings. The van der Waals surface area contributed by atoms with E-state index >= 15 is 0 Å². The normalized spacial score (nSPS) is 10.9. The fourth-order valence-corrected chi connectivity index (χ4v) is 2.38. The third kappa shape index (κ3) is 5.23. The summed E-state index contributed by atoms with van der Waals surface area (Å²) in [6.07, 6.45) is 7.56. The highest BCUT2D eigenvalue weighted by molar-refractivity contribution is 5.43. The predicted molar refractivity (Wildman–Crippen MR) is 80.9 cm³/mol. The van der Waals surface area contributed by atoms with E-state index in [9.17, 15) is 5.11 Å². The van der Waals surface area contributed by atoms with Gasteiger partial charge < -0.3 is 9.84 Å². The Kier molecular flexibility index (Phi) is 7.57. The molecule has 2 nitrogen and oxygen atoms in total. The first-order valence-corrected chi connectivity index (χ1v) is 7.55. The third-order valence-electron chi connectivity index (χ3n) is 3.55. The van der Waals surface area contributed by atoms with Crippen molar-refractivity contribution in [2.75, 3.05) is 13.7 Å². The molecule has 0 unspecified atom stereocenters. The number of phenols is 1. The Hall–Kier alpha value is -1.02.